The molecule has 0 radical (unpaired) electrons. The van der Waals surface area contributed by atoms with Crippen LogP contribution in [0.3, 0.4) is 0 Å². The molecule has 1 aliphatic carbocycles. The second kappa shape index (κ2) is 5.25. The second-order valence-electron chi connectivity index (χ2n) is 5.59. The van der Waals surface area contributed by atoms with Crippen LogP contribution in [0.1, 0.15) is 24.4 Å². The summed E-state index contributed by atoms with van der Waals surface area (Å²) in [6.45, 7) is 0. The zero-order chi connectivity index (χ0) is 17.1. The summed E-state index contributed by atoms with van der Waals surface area (Å²) in [6.07, 6.45) is -3.05. The first kappa shape index (κ1) is 15.5. The van der Waals surface area contributed by atoms with Crippen molar-refractivity contribution in [3.8, 4) is 10.6 Å². The van der Waals surface area contributed by atoms with Gasteiger partial charge in [-0.05, 0) is 42.6 Å². The molecule has 9 heteroatoms. The summed E-state index contributed by atoms with van der Waals surface area (Å²) >= 11 is 6.44. The fourth-order valence-corrected chi connectivity index (χ4v) is 3.71. The number of H-pyrrole nitrogens is 1. The molecule has 0 aromatic carbocycles. The fraction of sp³-hybridized carbons (Fsp3) is 0.267. The van der Waals surface area contributed by atoms with E-state index in [4.69, 9.17) is 12.2 Å². The van der Waals surface area contributed by atoms with E-state index in [9.17, 15) is 18.0 Å². The molecule has 1 aliphatic rings. The first-order chi connectivity index (χ1) is 11.4. The van der Waals surface area contributed by atoms with Crippen LogP contribution in [0.15, 0.2) is 28.4 Å². The fourth-order valence-electron chi connectivity index (χ4n) is 2.69. The first-order valence-electron chi connectivity index (χ1n) is 7.17. The first-order valence-corrected chi connectivity index (χ1v) is 8.45. The van der Waals surface area contributed by atoms with Gasteiger partial charge in [-0.3, -0.25) is 14.3 Å². The van der Waals surface area contributed by atoms with Gasteiger partial charge in [-0.15, -0.1) is 11.3 Å². The minimum Gasteiger partial charge on any atom is -0.299 e. The van der Waals surface area contributed by atoms with E-state index in [0.717, 1.165) is 18.9 Å². The molecule has 3 aromatic rings. The van der Waals surface area contributed by atoms with Crippen molar-refractivity contribution in [2.45, 2.75) is 25.1 Å². The molecule has 4 rings (SSSR count). The van der Waals surface area contributed by atoms with Crippen LogP contribution in [-0.4, -0.2) is 14.5 Å². The Bertz CT molecular complexity index is 1050. The van der Waals surface area contributed by atoms with Crippen LogP contribution < -0.4 is 5.56 Å². The number of aromatic nitrogens is 3. The van der Waals surface area contributed by atoms with E-state index in [1.807, 2.05) is 0 Å². The van der Waals surface area contributed by atoms with Crippen LogP contribution in [0.2, 0.25) is 0 Å². The van der Waals surface area contributed by atoms with Crippen molar-refractivity contribution in [1.29, 1.82) is 0 Å². The molecule has 0 atom stereocenters. The molecule has 0 bridgehead atoms. The van der Waals surface area contributed by atoms with Gasteiger partial charge in [0.15, 0.2) is 4.77 Å². The SMILES string of the molecule is O=c1[nH]c(=S)n(C2CC2)c2nc(-c3cccs3)cc(C(F)(F)F)c12. The van der Waals surface area contributed by atoms with Crippen molar-refractivity contribution >= 4 is 34.6 Å². The minimum absolute atomic E-state index is 0.00414. The lowest BCUT2D eigenvalue weighted by Gasteiger charge is -2.15. The van der Waals surface area contributed by atoms with Crippen LogP contribution in [0.5, 0.6) is 0 Å². The Morgan fingerprint density at radius 3 is 2.71 bits per heavy atom. The number of nitrogens with zero attached hydrogens (tertiary/aromatic N) is 2. The van der Waals surface area contributed by atoms with Gasteiger partial charge in [0.25, 0.3) is 5.56 Å². The Labute approximate surface area is 142 Å². The van der Waals surface area contributed by atoms with Crippen molar-refractivity contribution in [1.82, 2.24) is 14.5 Å². The standard InChI is InChI=1S/C15H10F3N3OS2/c16-15(17,18)8-6-9(10-2-1-5-24-10)19-12-11(8)13(22)20-14(23)21(12)7-3-4-7/h1-2,5-7H,3-4H2,(H,20,22,23). The molecule has 3 heterocycles. The molecule has 4 nitrogen and oxygen atoms in total. The predicted molar refractivity (Wildman–Crippen MR) is 87.8 cm³/mol. The number of pyridine rings is 1. The summed E-state index contributed by atoms with van der Waals surface area (Å²) in [5.41, 5.74) is -1.64. The summed E-state index contributed by atoms with van der Waals surface area (Å²) in [7, 11) is 0. The number of rotatable bonds is 2. The number of hydrogen-bond donors (Lipinski definition) is 1. The highest BCUT2D eigenvalue weighted by molar-refractivity contribution is 7.71. The molecule has 0 aliphatic heterocycles. The van der Waals surface area contributed by atoms with Gasteiger partial charge in [0.2, 0.25) is 0 Å². The number of fused-ring (bicyclic) bond motifs is 1. The van der Waals surface area contributed by atoms with Crippen molar-refractivity contribution in [2.75, 3.05) is 0 Å². The average molecular weight is 369 g/mol. The lowest BCUT2D eigenvalue weighted by molar-refractivity contribution is -0.136. The summed E-state index contributed by atoms with van der Waals surface area (Å²) in [5, 5.41) is 1.31. The summed E-state index contributed by atoms with van der Waals surface area (Å²) < 4.78 is 42.3. The van der Waals surface area contributed by atoms with Crippen molar-refractivity contribution in [3.05, 3.63) is 44.3 Å². The normalized spacial score (nSPS) is 15.1. The van der Waals surface area contributed by atoms with Gasteiger partial charge >= 0.3 is 6.18 Å². The van der Waals surface area contributed by atoms with Crippen molar-refractivity contribution < 1.29 is 13.2 Å². The van der Waals surface area contributed by atoms with Crippen LogP contribution in [-0.2, 0) is 6.18 Å². The lowest BCUT2D eigenvalue weighted by atomic mass is 10.1. The van der Waals surface area contributed by atoms with E-state index in [0.29, 0.717) is 4.88 Å². The zero-order valence-corrected chi connectivity index (χ0v) is 13.7. The number of aromatic amines is 1. The van der Waals surface area contributed by atoms with E-state index in [2.05, 4.69) is 9.97 Å². The monoisotopic (exact) mass is 369 g/mol. The maximum Gasteiger partial charge on any atom is 0.417 e. The predicted octanol–water partition coefficient (Wildman–Crippen LogP) is 4.54. The molecule has 1 saturated carbocycles. The topological polar surface area (TPSA) is 50.7 Å². The molecule has 124 valence electrons. The van der Waals surface area contributed by atoms with Gasteiger partial charge in [-0.1, -0.05) is 6.07 Å². The van der Waals surface area contributed by atoms with Crippen LogP contribution in [0.25, 0.3) is 21.6 Å². The number of alkyl halides is 3. The molecule has 1 N–H and O–H groups in total. The Hall–Kier alpha value is -2.00. The molecule has 0 amide bonds. The van der Waals surface area contributed by atoms with Crippen LogP contribution >= 0.6 is 23.6 Å². The third kappa shape index (κ3) is 2.48. The van der Waals surface area contributed by atoms with Crippen molar-refractivity contribution in [3.63, 3.8) is 0 Å². The number of thiophene rings is 1. The van der Waals surface area contributed by atoms with E-state index >= 15 is 0 Å². The highest BCUT2D eigenvalue weighted by atomic mass is 32.1. The third-order valence-corrected chi connectivity index (χ3v) is 5.08. The molecule has 24 heavy (non-hydrogen) atoms. The molecule has 0 spiro atoms. The van der Waals surface area contributed by atoms with Gasteiger partial charge in [0.05, 0.1) is 21.5 Å². The maximum atomic E-state index is 13.6. The smallest absolute Gasteiger partial charge is 0.299 e. The largest absolute Gasteiger partial charge is 0.417 e. The second-order valence-corrected chi connectivity index (χ2v) is 6.92. The average Bonchev–Trinajstić information content (AvgIpc) is 3.17. The number of nitrogens with one attached hydrogen (secondary N) is 1. The molecule has 3 aromatic heterocycles. The molecule has 1 fully saturated rings. The highest BCUT2D eigenvalue weighted by Gasteiger charge is 2.37. The quantitative estimate of drug-likeness (QED) is 0.675. The van der Waals surface area contributed by atoms with Gasteiger partial charge < -0.3 is 0 Å². The summed E-state index contributed by atoms with van der Waals surface area (Å²) in [6, 6.07) is 4.36. The Morgan fingerprint density at radius 1 is 1.38 bits per heavy atom. The summed E-state index contributed by atoms with van der Waals surface area (Å²) in [5.74, 6) is 0. The minimum atomic E-state index is -4.66. The van der Waals surface area contributed by atoms with Crippen LogP contribution in [0, 0.1) is 4.77 Å². The van der Waals surface area contributed by atoms with Crippen molar-refractivity contribution in [2.24, 2.45) is 0 Å². The Morgan fingerprint density at radius 2 is 2.12 bits per heavy atom. The lowest BCUT2D eigenvalue weighted by Crippen LogP contribution is -2.20. The number of halogens is 3. The van der Waals surface area contributed by atoms with E-state index in [1.54, 1.807) is 22.1 Å². The van der Waals surface area contributed by atoms with Gasteiger partial charge in [-0.2, -0.15) is 13.2 Å². The van der Waals surface area contributed by atoms with E-state index in [1.165, 1.54) is 11.3 Å². The van der Waals surface area contributed by atoms with Gasteiger partial charge in [0.1, 0.15) is 5.65 Å². The molecular weight excluding hydrogens is 359 g/mol. The Kier molecular flexibility index (Phi) is 3.40. The molecule has 0 saturated heterocycles. The van der Waals surface area contributed by atoms with E-state index < -0.39 is 22.7 Å². The van der Waals surface area contributed by atoms with Gasteiger partial charge in [-0.25, -0.2) is 4.98 Å². The molecular formula is C15H10F3N3OS2. The Balaban J connectivity index is 2.18. The van der Waals surface area contributed by atoms with E-state index in [-0.39, 0.29) is 22.2 Å². The summed E-state index contributed by atoms with van der Waals surface area (Å²) in [4.78, 5) is 19.5. The number of hydrogen-bond acceptors (Lipinski definition) is 4. The van der Waals surface area contributed by atoms with Gasteiger partial charge in [0, 0.05) is 6.04 Å². The molecule has 0 unspecified atom stereocenters. The highest BCUT2D eigenvalue weighted by Crippen LogP contribution is 2.40. The van der Waals surface area contributed by atoms with Crippen LogP contribution in [0.4, 0.5) is 13.2 Å². The zero-order valence-electron chi connectivity index (χ0n) is 12.1. The maximum absolute atomic E-state index is 13.6. The third-order valence-electron chi connectivity index (χ3n) is 3.89.